The quantitative estimate of drug-likeness (QED) is 0.409. The number of aliphatic hydroxyl groups is 1. The number of hydrogen-bond donors (Lipinski definition) is 2. The summed E-state index contributed by atoms with van der Waals surface area (Å²) in [6, 6.07) is 0. The van der Waals surface area contributed by atoms with Crippen LogP contribution in [-0.4, -0.2) is 22.3 Å². The lowest BCUT2D eigenvalue weighted by molar-refractivity contribution is -0.203. The van der Waals surface area contributed by atoms with Gasteiger partial charge in [-0.1, -0.05) is 53.2 Å². The van der Waals surface area contributed by atoms with Crippen LogP contribution in [0.2, 0.25) is 0 Å². The van der Waals surface area contributed by atoms with Gasteiger partial charge >= 0.3 is 5.97 Å². The number of aliphatic carboxylic acids is 1. The maximum atomic E-state index is 12.2. The van der Waals surface area contributed by atoms with Crippen LogP contribution >= 0.6 is 0 Å². The van der Waals surface area contributed by atoms with E-state index in [-0.39, 0.29) is 33.2 Å². The Morgan fingerprint density at radius 1 is 0.879 bits per heavy atom. The predicted molar refractivity (Wildman–Crippen MR) is 133 cm³/mol. The van der Waals surface area contributed by atoms with Crippen molar-refractivity contribution in [3.63, 3.8) is 0 Å². The third-order valence-electron chi connectivity index (χ3n) is 13.3. The Balaban J connectivity index is 1.57. The molecule has 0 aromatic rings. The van der Waals surface area contributed by atoms with E-state index in [9.17, 15) is 15.0 Å². The zero-order valence-electron chi connectivity index (χ0n) is 22.3. The molecule has 0 aliphatic heterocycles. The zero-order chi connectivity index (χ0) is 24.2. The molecule has 0 saturated heterocycles. The molecule has 0 amide bonds. The highest BCUT2D eigenvalue weighted by Gasteiger charge is 2.68. The Morgan fingerprint density at radius 2 is 1.55 bits per heavy atom. The van der Waals surface area contributed by atoms with Crippen molar-refractivity contribution in [3.05, 3.63) is 11.6 Å². The molecule has 0 spiro atoms. The van der Waals surface area contributed by atoms with Gasteiger partial charge in [0.05, 0.1) is 11.5 Å². The minimum Gasteiger partial charge on any atom is -0.481 e. The zero-order valence-corrected chi connectivity index (χ0v) is 22.3. The van der Waals surface area contributed by atoms with Crippen LogP contribution in [0.1, 0.15) is 113 Å². The van der Waals surface area contributed by atoms with Crippen LogP contribution in [0, 0.1) is 50.2 Å². The fourth-order valence-corrected chi connectivity index (χ4v) is 10.5. The van der Waals surface area contributed by atoms with Crippen LogP contribution in [0.25, 0.3) is 0 Å². The molecule has 4 fully saturated rings. The molecule has 3 heteroatoms. The van der Waals surface area contributed by atoms with E-state index in [0.29, 0.717) is 17.8 Å². The van der Waals surface area contributed by atoms with Crippen LogP contribution in [0.4, 0.5) is 0 Å². The molecule has 3 nitrogen and oxygen atoms in total. The maximum absolute atomic E-state index is 12.2. The minimum atomic E-state index is -0.603. The summed E-state index contributed by atoms with van der Waals surface area (Å²) in [6.45, 7) is 16.8. The highest BCUT2D eigenvalue weighted by molar-refractivity contribution is 5.74. The van der Waals surface area contributed by atoms with E-state index in [1.807, 2.05) is 6.92 Å². The average Bonchev–Trinajstić information content (AvgIpc) is 2.73. The van der Waals surface area contributed by atoms with Crippen molar-refractivity contribution in [2.45, 2.75) is 119 Å². The first-order chi connectivity index (χ1) is 15.1. The summed E-state index contributed by atoms with van der Waals surface area (Å²) < 4.78 is 0. The van der Waals surface area contributed by atoms with Crippen LogP contribution in [-0.2, 0) is 4.79 Å². The molecule has 4 saturated carbocycles. The van der Waals surface area contributed by atoms with Gasteiger partial charge in [0.25, 0.3) is 0 Å². The Morgan fingerprint density at radius 3 is 2.21 bits per heavy atom. The molecule has 0 aromatic heterocycles. The van der Waals surface area contributed by atoms with Crippen molar-refractivity contribution in [1.29, 1.82) is 0 Å². The summed E-state index contributed by atoms with van der Waals surface area (Å²) in [5.41, 5.74) is 1.94. The Hall–Kier alpha value is -0.830. The topological polar surface area (TPSA) is 57.5 Å². The van der Waals surface area contributed by atoms with Gasteiger partial charge in [0.15, 0.2) is 0 Å². The lowest BCUT2D eigenvalue weighted by Crippen LogP contribution is -2.64. The van der Waals surface area contributed by atoms with Crippen molar-refractivity contribution in [3.8, 4) is 0 Å². The lowest BCUT2D eigenvalue weighted by atomic mass is 9.33. The standard InChI is InChI=1S/C30H48O3/c1-25(2)21-10-13-30(7)22(28(21,5)12-11-23(25)31)9-8-19-20-18-27(4,24(32)33)15-14-26(20,3)16-17-29(19,30)6/h8,20-23,31H,9-18H2,1-7H3,(H,32,33)/t20-,21-,22+,23-,26+,27-,28+,29+,30+/m0/s1. The first kappa shape index (κ1) is 23.9. The highest BCUT2D eigenvalue weighted by atomic mass is 16.4. The number of carboxylic acids is 1. The van der Waals surface area contributed by atoms with Crippen LogP contribution < -0.4 is 0 Å². The molecule has 0 aromatic carbocycles. The molecular weight excluding hydrogens is 408 g/mol. The van der Waals surface area contributed by atoms with E-state index in [1.54, 1.807) is 5.57 Å². The molecule has 0 heterocycles. The van der Waals surface area contributed by atoms with Gasteiger partial charge in [0.1, 0.15) is 0 Å². The Labute approximate surface area is 201 Å². The molecule has 0 bridgehead atoms. The second-order valence-electron chi connectivity index (χ2n) is 14.9. The lowest BCUT2D eigenvalue weighted by Gasteiger charge is -2.71. The summed E-state index contributed by atoms with van der Waals surface area (Å²) in [7, 11) is 0. The molecule has 9 atom stereocenters. The number of rotatable bonds is 1. The first-order valence-corrected chi connectivity index (χ1v) is 13.8. The second kappa shape index (κ2) is 6.89. The van der Waals surface area contributed by atoms with Gasteiger partial charge in [0.2, 0.25) is 0 Å². The fourth-order valence-electron chi connectivity index (χ4n) is 10.5. The molecule has 0 radical (unpaired) electrons. The van der Waals surface area contributed by atoms with E-state index in [4.69, 9.17) is 0 Å². The third-order valence-corrected chi connectivity index (χ3v) is 13.3. The van der Waals surface area contributed by atoms with Gasteiger partial charge in [-0.15, -0.1) is 0 Å². The van der Waals surface area contributed by atoms with Gasteiger partial charge in [-0.3, -0.25) is 4.79 Å². The normalized spacial score (nSPS) is 55.3. The molecule has 33 heavy (non-hydrogen) atoms. The van der Waals surface area contributed by atoms with Gasteiger partial charge in [0, 0.05) is 0 Å². The fraction of sp³-hybridized carbons (Fsp3) is 0.900. The molecule has 0 unspecified atom stereocenters. The molecule has 5 aliphatic rings. The summed E-state index contributed by atoms with van der Waals surface area (Å²) in [5, 5.41) is 20.9. The summed E-state index contributed by atoms with van der Waals surface area (Å²) in [5.74, 6) is 1.01. The third kappa shape index (κ3) is 2.87. The van der Waals surface area contributed by atoms with Gasteiger partial charge in [-0.05, 0) is 116 Å². The summed E-state index contributed by atoms with van der Waals surface area (Å²) >= 11 is 0. The monoisotopic (exact) mass is 456 g/mol. The van der Waals surface area contributed by atoms with Crippen LogP contribution in [0.3, 0.4) is 0 Å². The van der Waals surface area contributed by atoms with Gasteiger partial charge in [-0.2, -0.15) is 0 Å². The van der Waals surface area contributed by atoms with E-state index >= 15 is 0 Å². The van der Waals surface area contributed by atoms with Crippen LogP contribution in [0.5, 0.6) is 0 Å². The number of carbonyl (C=O) groups is 1. The highest BCUT2D eigenvalue weighted by Crippen LogP contribution is 2.75. The molecule has 5 aliphatic carbocycles. The largest absolute Gasteiger partial charge is 0.481 e. The number of aliphatic hydroxyl groups excluding tert-OH is 1. The first-order valence-electron chi connectivity index (χ1n) is 13.8. The van der Waals surface area contributed by atoms with Crippen molar-refractivity contribution in [1.82, 2.24) is 0 Å². The van der Waals surface area contributed by atoms with Gasteiger partial charge in [-0.25, -0.2) is 0 Å². The average molecular weight is 457 g/mol. The minimum absolute atomic E-state index is 0.0168. The summed E-state index contributed by atoms with van der Waals surface area (Å²) in [6.07, 6.45) is 13.2. The predicted octanol–water partition coefficient (Wildman–Crippen LogP) is 7.23. The smallest absolute Gasteiger partial charge is 0.309 e. The van der Waals surface area contributed by atoms with Gasteiger partial charge < -0.3 is 10.2 Å². The van der Waals surface area contributed by atoms with E-state index in [2.05, 4.69) is 47.6 Å². The number of carboxylic acid groups (broad SMARTS) is 1. The molecule has 186 valence electrons. The molecule has 2 N–H and O–H groups in total. The number of allylic oxidation sites excluding steroid dienone is 2. The molecular formula is C30H48O3. The van der Waals surface area contributed by atoms with Crippen molar-refractivity contribution >= 4 is 5.97 Å². The Bertz CT molecular complexity index is 889. The van der Waals surface area contributed by atoms with E-state index in [1.165, 1.54) is 25.7 Å². The van der Waals surface area contributed by atoms with Crippen LogP contribution in [0.15, 0.2) is 11.6 Å². The summed E-state index contributed by atoms with van der Waals surface area (Å²) in [4.78, 5) is 12.2. The van der Waals surface area contributed by atoms with E-state index in [0.717, 1.165) is 38.5 Å². The Kier molecular flexibility index (Phi) is 4.99. The van der Waals surface area contributed by atoms with Crippen molar-refractivity contribution in [2.75, 3.05) is 0 Å². The SMILES string of the molecule is CC1(C)[C@@H](O)CC[C@@]2(C)[C@H]3CC=C4[C@@H]5C[C@@](C)(C(=O)O)CC[C@]5(C)CC[C@@]4(C)[C@]3(C)CC[C@@H]12. The van der Waals surface area contributed by atoms with E-state index < -0.39 is 11.4 Å². The number of fused-ring (bicyclic) bond motifs is 7. The second-order valence-corrected chi connectivity index (χ2v) is 14.9. The van der Waals surface area contributed by atoms with Crippen molar-refractivity contribution < 1.29 is 15.0 Å². The molecule has 5 rings (SSSR count). The maximum Gasteiger partial charge on any atom is 0.309 e. The number of hydrogen-bond acceptors (Lipinski definition) is 2. The van der Waals surface area contributed by atoms with Crippen molar-refractivity contribution in [2.24, 2.45) is 50.2 Å².